The number of amides is 4. The molecule has 2 fully saturated rings. The summed E-state index contributed by atoms with van der Waals surface area (Å²) in [6.07, 6.45) is 5.88. The van der Waals surface area contributed by atoms with E-state index in [2.05, 4.69) is 29.8 Å². The van der Waals surface area contributed by atoms with Crippen LogP contribution in [0.2, 0.25) is 0 Å². The third-order valence-electron chi connectivity index (χ3n) is 7.44. The van der Waals surface area contributed by atoms with Gasteiger partial charge < -0.3 is 20.9 Å². The lowest BCUT2D eigenvalue weighted by molar-refractivity contribution is -0.143. The zero-order valence-corrected chi connectivity index (χ0v) is 22.2. The number of nitrogens with one attached hydrogen (secondary N) is 3. The van der Waals surface area contributed by atoms with Crippen LogP contribution < -0.4 is 16.0 Å². The average molecular weight is 479 g/mol. The highest BCUT2D eigenvalue weighted by molar-refractivity contribution is 5.94. The fourth-order valence-corrected chi connectivity index (χ4v) is 5.52. The van der Waals surface area contributed by atoms with E-state index in [0.29, 0.717) is 13.1 Å². The van der Waals surface area contributed by atoms with E-state index >= 15 is 0 Å². The van der Waals surface area contributed by atoms with Crippen molar-refractivity contribution in [3.8, 4) is 0 Å². The third kappa shape index (κ3) is 6.95. The maximum Gasteiger partial charge on any atom is 0.316 e. The van der Waals surface area contributed by atoms with Gasteiger partial charge in [0.15, 0.2) is 5.78 Å². The monoisotopic (exact) mass is 478 g/mol. The fourth-order valence-electron chi connectivity index (χ4n) is 5.52. The van der Waals surface area contributed by atoms with Crippen molar-refractivity contribution in [2.45, 2.75) is 105 Å². The number of nitrogens with zero attached hydrogens (tertiary/aromatic N) is 1. The summed E-state index contributed by atoms with van der Waals surface area (Å²) in [5.74, 6) is 0.00157. The molecule has 4 atom stereocenters. The van der Waals surface area contributed by atoms with E-state index in [4.69, 9.17) is 0 Å². The molecule has 4 amide bonds. The molecular weight excluding hydrogens is 432 g/mol. The van der Waals surface area contributed by atoms with Crippen molar-refractivity contribution in [1.29, 1.82) is 0 Å². The molecule has 0 bridgehead atoms. The first-order valence-electron chi connectivity index (χ1n) is 13.0. The van der Waals surface area contributed by atoms with Crippen molar-refractivity contribution < 1.29 is 19.2 Å². The number of rotatable bonds is 8. The van der Waals surface area contributed by atoms with Crippen LogP contribution in [0, 0.1) is 23.2 Å². The normalized spacial score (nSPS) is 23.4. The Kier molecular flexibility index (Phi) is 9.95. The zero-order valence-electron chi connectivity index (χ0n) is 22.2. The van der Waals surface area contributed by atoms with Gasteiger partial charge in [-0.25, -0.2) is 4.79 Å². The van der Waals surface area contributed by atoms with E-state index in [0.717, 1.165) is 38.5 Å². The Morgan fingerprint density at radius 2 is 1.59 bits per heavy atom. The number of urea groups is 1. The van der Waals surface area contributed by atoms with Gasteiger partial charge in [-0.2, -0.15) is 0 Å². The number of carbonyl (C=O) groups excluding carboxylic acids is 4. The van der Waals surface area contributed by atoms with Crippen LogP contribution in [0.3, 0.4) is 0 Å². The first kappa shape index (κ1) is 28.1. The highest BCUT2D eigenvalue weighted by Crippen LogP contribution is 2.33. The maximum absolute atomic E-state index is 13.8. The summed E-state index contributed by atoms with van der Waals surface area (Å²) in [7, 11) is 0. The second-order valence-electron chi connectivity index (χ2n) is 11.5. The average Bonchev–Trinajstić information content (AvgIpc) is 3.21. The van der Waals surface area contributed by atoms with Crippen molar-refractivity contribution in [3.05, 3.63) is 0 Å². The van der Waals surface area contributed by atoms with Gasteiger partial charge in [-0.05, 0) is 56.3 Å². The van der Waals surface area contributed by atoms with Crippen LogP contribution in [0.4, 0.5) is 4.79 Å². The lowest BCUT2D eigenvalue weighted by Gasteiger charge is -2.37. The highest BCUT2D eigenvalue weighted by atomic mass is 16.2. The van der Waals surface area contributed by atoms with Crippen LogP contribution >= 0.6 is 0 Å². The Labute approximate surface area is 205 Å². The Morgan fingerprint density at radius 3 is 2.09 bits per heavy atom. The van der Waals surface area contributed by atoms with Crippen LogP contribution in [-0.2, 0) is 14.4 Å². The van der Waals surface area contributed by atoms with E-state index < -0.39 is 29.6 Å². The molecule has 0 aromatic carbocycles. The number of ketones is 1. The first-order valence-corrected chi connectivity index (χ1v) is 13.0. The maximum atomic E-state index is 13.8. The molecule has 1 aliphatic carbocycles. The molecule has 8 nitrogen and oxygen atoms in total. The molecule has 0 radical (unpaired) electrons. The minimum atomic E-state index is -0.825. The summed E-state index contributed by atoms with van der Waals surface area (Å²) in [4.78, 5) is 53.7. The quantitative estimate of drug-likeness (QED) is 0.498. The van der Waals surface area contributed by atoms with Gasteiger partial charge in [-0.3, -0.25) is 14.4 Å². The summed E-state index contributed by atoms with van der Waals surface area (Å²) in [6.45, 7) is 14.2. The zero-order chi connectivity index (χ0) is 25.6. The minimum Gasteiger partial charge on any atom is -0.355 e. The second-order valence-corrected chi connectivity index (χ2v) is 11.5. The fraction of sp³-hybridized carbons (Fsp3) is 0.846. The molecule has 194 valence electrons. The van der Waals surface area contributed by atoms with E-state index in [-0.39, 0.29) is 35.4 Å². The van der Waals surface area contributed by atoms with Crippen LogP contribution in [0.25, 0.3) is 0 Å². The smallest absolute Gasteiger partial charge is 0.316 e. The molecule has 0 unspecified atom stereocenters. The molecule has 0 spiro atoms. The van der Waals surface area contributed by atoms with E-state index in [1.807, 2.05) is 27.7 Å². The Hall–Kier alpha value is -2.12. The lowest BCUT2D eigenvalue weighted by Crippen LogP contribution is -2.61. The molecule has 1 saturated carbocycles. The topological polar surface area (TPSA) is 108 Å². The Balaban J connectivity index is 2.20. The standard InChI is InChI=1S/C26H46N4O4/c1-8-27-23(32)21-19(16(2)3)14-15-30(21)24(33)22(26(5,6)7)29-25(34)28-20(17(4)31)18-12-10-9-11-13-18/h16,18-22H,8-15H2,1-7H3,(H,27,32)(H2,28,29,34)/t19-,20-,21+,22-/m1/s1. The predicted molar refractivity (Wildman–Crippen MR) is 133 cm³/mol. The molecular formula is C26H46N4O4. The van der Waals surface area contributed by atoms with Gasteiger partial charge in [-0.15, -0.1) is 0 Å². The predicted octanol–water partition coefficient (Wildman–Crippen LogP) is 3.25. The largest absolute Gasteiger partial charge is 0.355 e. The van der Waals surface area contributed by atoms with Gasteiger partial charge in [0.1, 0.15) is 12.1 Å². The molecule has 8 heteroatoms. The van der Waals surface area contributed by atoms with Crippen molar-refractivity contribution in [2.24, 2.45) is 23.2 Å². The lowest BCUT2D eigenvalue weighted by atomic mass is 9.82. The molecule has 3 N–H and O–H groups in total. The number of Topliss-reactive ketones (excluding diaryl/α,β-unsaturated/α-hetero) is 1. The van der Waals surface area contributed by atoms with Crippen LogP contribution in [-0.4, -0.2) is 59.7 Å². The van der Waals surface area contributed by atoms with Gasteiger partial charge in [0, 0.05) is 13.1 Å². The summed E-state index contributed by atoms with van der Waals surface area (Å²) in [5, 5.41) is 8.61. The molecule has 2 aliphatic rings. The minimum absolute atomic E-state index is 0.0590. The molecule has 0 aromatic rings. The SMILES string of the molecule is CCNC(=O)[C@@H]1[C@@H](C(C)C)CCN1C(=O)[C@@H](NC(=O)N[C@H](C(C)=O)C1CCCCC1)C(C)(C)C. The first-order chi connectivity index (χ1) is 15.9. The molecule has 1 saturated heterocycles. The number of hydrogen-bond acceptors (Lipinski definition) is 4. The van der Waals surface area contributed by atoms with Crippen molar-refractivity contribution in [2.75, 3.05) is 13.1 Å². The van der Waals surface area contributed by atoms with Crippen molar-refractivity contribution in [3.63, 3.8) is 0 Å². The summed E-state index contributed by atoms with van der Waals surface area (Å²) in [5.41, 5.74) is -0.577. The number of likely N-dealkylation sites (tertiary alicyclic amines) is 1. The van der Waals surface area contributed by atoms with E-state index in [9.17, 15) is 19.2 Å². The number of carbonyl (C=O) groups is 4. The summed E-state index contributed by atoms with van der Waals surface area (Å²) < 4.78 is 0. The Bertz CT molecular complexity index is 740. The van der Waals surface area contributed by atoms with Gasteiger partial charge in [0.05, 0.1) is 6.04 Å². The molecule has 0 aromatic heterocycles. The highest BCUT2D eigenvalue weighted by Gasteiger charge is 2.47. The summed E-state index contributed by atoms with van der Waals surface area (Å²) >= 11 is 0. The van der Waals surface area contributed by atoms with Crippen molar-refractivity contribution >= 4 is 23.6 Å². The molecule has 34 heavy (non-hydrogen) atoms. The van der Waals surface area contributed by atoms with Gasteiger partial charge >= 0.3 is 6.03 Å². The number of likely N-dealkylation sites (N-methyl/N-ethyl adjacent to an activating group) is 1. The van der Waals surface area contributed by atoms with Crippen LogP contribution in [0.1, 0.15) is 87.0 Å². The molecule has 2 rings (SSSR count). The number of hydrogen-bond donors (Lipinski definition) is 3. The second kappa shape index (κ2) is 12.0. The summed E-state index contributed by atoms with van der Waals surface area (Å²) in [6, 6.07) is -2.42. The van der Waals surface area contributed by atoms with Gasteiger partial charge in [-0.1, -0.05) is 53.9 Å². The Morgan fingerprint density at radius 1 is 0.971 bits per heavy atom. The van der Waals surface area contributed by atoms with Crippen LogP contribution in [0.15, 0.2) is 0 Å². The van der Waals surface area contributed by atoms with Crippen LogP contribution in [0.5, 0.6) is 0 Å². The van der Waals surface area contributed by atoms with Crippen molar-refractivity contribution in [1.82, 2.24) is 20.9 Å². The van der Waals surface area contributed by atoms with E-state index in [1.54, 1.807) is 4.90 Å². The van der Waals surface area contributed by atoms with E-state index in [1.165, 1.54) is 6.92 Å². The van der Waals surface area contributed by atoms with Gasteiger partial charge in [0.25, 0.3) is 0 Å². The van der Waals surface area contributed by atoms with Gasteiger partial charge in [0.2, 0.25) is 11.8 Å². The third-order valence-corrected chi connectivity index (χ3v) is 7.44. The molecule has 1 aliphatic heterocycles. The molecule has 1 heterocycles.